The highest BCUT2D eigenvalue weighted by Gasteiger charge is 2.29. The first kappa shape index (κ1) is 13.8. The monoisotopic (exact) mass is 309 g/mol. The quantitative estimate of drug-likeness (QED) is 0.773. The van der Waals surface area contributed by atoms with Gasteiger partial charge >= 0.3 is 11.8 Å². The Morgan fingerprint density at radius 1 is 1.22 bits per heavy atom. The third kappa shape index (κ3) is 2.88. The van der Waals surface area contributed by atoms with E-state index in [1.54, 1.807) is 12.1 Å². The van der Waals surface area contributed by atoms with E-state index in [0.29, 0.717) is 18.3 Å². The molecule has 1 aromatic heterocycles. The molecule has 0 atom stereocenters. The SMILES string of the molecule is O=C(NCc1ccc2cc(O)ccc2c1)c1nc(C2CC2)no1. The molecule has 0 saturated heterocycles. The molecule has 3 aromatic rings. The molecule has 116 valence electrons. The molecule has 6 nitrogen and oxygen atoms in total. The van der Waals surface area contributed by atoms with Gasteiger partial charge in [-0.25, -0.2) is 0 Å². The number of phenols is 1. The second-order valence-corrected chi connectivity index (χ2v) is 5.78. The highest BCUT2D eigenvalue weighted by atomic mass is 16.5. The van der Waals surface area contributed by atoms with Crippen molar-refractivity contribution in [3.63, 3.8) is 0 Å². The molecular formula is C17H15N3O3. The van der Waals surface area contributed by atoms with Crippen LogP contribution in [0.3, 0.4) is 0 Å². The number of hydrogen-bond donors (Lipinski definition) is 2. The lowest BCUT2D eigenvalue weighted by atomic mass is 10.1. The lowest BCUT2D eigenvalue weighted by molar-refractivity contribution is 0.0907. The molecule has 0 spiro atoms. The van der Waals surface area contributed by atoms with Crippen LogP contribution >= 0.6 is 0 Å². The van der Waals surface area contributed by atoms with Gasteiger partial charge in [-0.2, -0.15) is 4.98 Å². The van der Waals surface area contributed by atoms with E-state index in [2.05, 4.69) is 15.5 Å². The molecule has 1 aliphatic carbocycles. The normalized spacial score (nSPS) is 14.1. The van der Waals surface area contributed by atoms with E-state index in [4.69, 9.17) is 4.52 Å². The lowest BCUT2D eigenvalue weighted by Gasteiger charge is -2.05. The van der Waals surface area contributed by atoms with E-state index in [9.17, 15) is 9.90 Å². The van der Waals surface area contributed by atoms with Crippen molar-refractivity contribution in [2.75, 3.05) is 0 Å². The third-order valence-corrected chi connectivity index (χ3v) is 3.92. The smallest absolute Gasteiger partial charge is 0.315 e. The molecule has 1 amide bonds. The van der Waals surface area contributed by atoms with Gasteiger partial charge in [-0.15, -0.1) is 0 Å². The summed E-state index contributed by atoms with van der Waals surface area (Å²) in [5.41, 5.74) is 0.957. The van der Waals surface area contributed by atoms with E-state index in [-0.39, 0.29) is 17.5 Å². The van der Waals surface area contributed by atoms with Crippen molar-refractivity contribution in [3.05, 3.63) is 53.7 Å². The number of nitrogens with zero attached hydrogens (tertiary/aromatic N) is 2. The molecule has 0 bridgehead atoms. The van der Waals surface area contributed by atoms with Crippen LogP contribution in [0.4, 0.5) is 0 Å². The maximum atomic E-state index is 12.0. The zero-order valence-electron chi connectivity index (χ0n) is 12.3. The van der Waals surface area contributed by atoms with Crippen LogP contribution < -0.4 is 5.32 Å². The molecular weight excluding hydrogens is 294 g/mol. The number of carbonyl (C=O) groups excluding carboxylic acids is 1. The number of phenolic OH excluding ortho intramolecular Hbond substituents is 1. The second kappa shape index (κ2) is 5.39. The number of nitrogens with one attached hydrogen (secondary N) is 1. The molecule has 1 fully saturated rings. The summed E-state index contributed by atoms with van der Waals surface area (Å²) in [6, 6.07) is 11.0. The number of amides is 1. The molecule has 2 aromatic carbocycles. The van der Waals surface area contributed by atoms with Crippen molar-refractivity contribution in [2.24, 2.45) is 0 Å². The van der Waals surface area contributed by atoms with E-state index in [1.165, 1.54) is 0 Å². The Labute approximate surface area is 132 Å². The van der Waals surface area contributed by atoms with Crippen molar-refractivity contribution >= 4 is 16.7 Å². The number of aromatic hydroxyl groups is 1. The Kier molecular flexibility index (Phi) is 3.22. The standard InChI is InChI=1S/C17H15N3O3/c21-14-6-5-12-7-10(1-2-13(12)8-14)9-18-16(22)17-19-15(20-23-17)11-3-4-11/h1-2,5-8,11,21H,3-4,9H2,(H,18,22). The molecule has 23 heavy (non-hydrogen) atoms. The molecule has 2 N–H and O–H groups in total. The number of aromatic nitrogens is 2. The van der Waals surface area contributed by atoms with E-state index >= 15 is 0 Å². The van der Waals surface area contributed by atoms with Gasteiger partial charge in [0, 0.05) is 12.5 Å². The van der Waals surface area contributed by atoms with Crippen molar-refractivity contribution in [3.8, 4) is 5.75 Å². The van der Waals surface area contributed by atoms with E-state index < -0.39 is 0 Å². The Hall–Kier alpha value is -2.89. The Bertz CT molecular complexity index is 884. The van der Waals surface area contributed by atoms with Gasteiger partial charge in [0.1, 0.15) is 5.75 Å². The Morgan fingerprint density at radius 3 is 2.83 bits per heavy atom. The molecule has 1 saturated carbocycles. The topological polar surface area (TPSA) is 88.2 Å². The van der Waals surface area contributed by atoms with Crippen LogP contribution in [0.15, 0.2) is 40.9 Å². The molecule has 1 heterocycles. The first-order valence-electron chi connectivity index (χ1n) is 7.52. The average Bonchev–Trinajstić information content (AvgIpc) is 3.29. The van der Waals surface area contributed by atoms with Crippen molar-refractivity contribution in [1.82, 2.24) is 15.5 Å². The summed E-state index contributed by atoms with van der Waals surface area (Å²) >= 11 is 0. The largest absolute Gasteiger partial charge is 0.508 e. The summed E-state index contributed by atoms with van der Waals surface area (Å²) in [5.74, 6) is 0.868. The summed E-state index contributed by atoms with van der Waals surface area (Å²) in [6.45, 7) is 0.372. The van der Waals surface area contributed by atoms with Gasteiger partial charge in [0.2, 0.25) is 0 Å². The number of hydrogen-bond acceptors (Lipinski definition) is 5. The molecule has 4 rings (SSSR count). The minimum atomic E-state index is -0.366. The summed E-state index contributed by atoms with van der Waals surface area (Å²) in [4.78, 5) is 16.2. The number of benzene rings is 2. The van der Waals surface area contributed by atoms with Crippen LogP contribution in [0.1, 0.15) is 40.8 Å². The van der Waals surface area contributed by atoms with Gasteiger partial charge in [-0.3, -0.25) is 4.79 Å². The third-order valence-electron chi connectivity index (χ3n) is 3.92. The van der Waals surface area contributed by atoms with Gasteiger partial charge in [-0.05, 0) is 47.4 Å². The van der Waals surface area contributed by atoms with Gasteiger partial charge in [0.25, 0.3) is 0 Å². The summed E-state index contributed by atoms with van der Waals surface area (Å²) in [5, 5.41) is 18.0. The first-order chi connectivity index (χ1) is 11.2. The van der Waals surface area contributed by atoms with Gasteiger partial charge in [0.05, 0.1) is 0 Å². The van der Waals surface area contributed by atoms with Gasteiger partial charge < -0.3 is 14.9 Å². The Balaban J connectivity index is 1.45. The predicted molar refractivity (Wildman–Crippen MR) is 83.1 cm³/mol. The maximum Gasteiger partial charge on any atom is 0.315 e. The van der Waals surface area contributed by atoms with Gasteiger partial charge in [-0.1, -0.05) is 23.4 Å². The molecule has 0 unspecified atom stereocenters. The molecule has 1 aliphatic rings. The van der Waals surface area contributed by atoms with Crippen LogP contribution in [0.25, 0.3) is 10.8 Å². The highest BCUT2D eigenvalue weighted by molar-refractivity contribution is 5.89. The van der Waals surface area contributed by atoms with Crippen molar-refractivity contribution in [1.29, 1.82) is 0 Å². The number of carbonyl (C=O) groups is 1. The zero-order valence-corrected chi connectivity index (χ0v) is 12.3. The molecule has 0 radical (unpaired) electrons. The zero-order chi connectivity index (χ0) is 15.8. The fourth-order valence-corrected chi connectivity index (χ4v) is 2.48. The van der Waals surface area contributed by atoms with Gasteiger partial charge in [0.15, 0.2) is 5.82 Å². The van der Waals surface area contributed by atoms with E-state index in [1.807, 2.05) is 24.3 Å². The summed E-state index contributed by atoms with van der Waals surface area (Å²) < 4.78 is 5.00. The first-order valence-corrected chi connectivity index (χ1v) is 7.52. The minimum Gasteiger partial charge on any atom is -0.508 e. The fraction of sp³-hybridized carbons (Fsp3) is 0.235. The van der Waals surface area contributed by atoms with Crippen molar-refractivity contribution < 1.29 is 14.4 Å². The Morgan fingerprint density at radius 2 is 2.00 bits per heavy atom. The second-order valence-electron chi connectivity index (χ2n) is 5.78. The molecule has 6 heteroatoms. The summed E-state index contributed by atoms with van der Waals surface area (Å²) in [6.07, 6.45) is 2.13. The number of fused-ring (bicyclic) bond motifs is 1. The average molecular weight is 309 g/mol. The molecule has 0 aliphatic heterocycles. The fourth-order valence-electron chi connectivity index (χ4n) is 2.48. The number of rotatable bonds is 4. The lowest BCUT2D eigenvalue weighted by Crippen LogP contribution is -2.23. The van der Waals surface area contributed by atoms with Crippen molar-refractivity contribution in [2.45, 2.75) is 25.3 Å². The van der Waals surface area contributed by atoms with Crippen LogP contribution in [0, 0.1) is 0 Å². The predicted octanol–water partition coefficient (Wildman–Crippen LogP) is 2.74. The minimum absolute atomic E-state index is 0.0117. The van der Waals surface area contributed by atoms with Crippen LogP contribution in [-0.2, 0) is 6.54 Å². The van der Waals surface area contributed by atoms with Crippen LogP contribution in [0.5, 0.6) is 5.75 Å². The maximum absolute atomic E-state index is 12.0. The highest BCUT2D eigenvalue weighted by Crippen LogP contribution is 2.38. The van der Waals surface area contributed by atoms with Crippen LogP contribution in [-0.4, -0.2) is 21.2 Å². The van der Waals surface area contributed by atoms with E-state index in [0.717, 1.165) is 29.2 Å². The van der Waals surface area contributed by atoms with Crippen LogP contribution in [0.2, 0.25) is 0 Å². The summed E-state index contributed by atoms with van der Waals surface area (Å²) in [7, 11) is 0.